The van der Waals surface area contributed by atoms with Gasteiger partial charge in [-0.2, -0.15) is 18.2 Å². The van der Waals surface area contributed by atoms with Gasteiger partial charge in [0.25, 0.3) is 0 Å². The molecular formula is C8H10CuN. The molecule has 0 bridgehead atoms. The van der Waals surface area contributed by atoms with Crippen molar-refractivity contribution in [3.8, 4) is 0 Å². The summed E-state index contributed by atoms with van der Waals surface area (Å²) >= 11 is 0. The third-order valence-corrected chi connectivity index (χ3v) is 1.22. The summed E-state index contributed by atoms with van der Waals surface area (Å²) in [5, 5.41) is 0. The Bertz CT molecular complexity index is 172. The SMILES string of the molecule is CN(C)c1cc[c-]cc1.[Cu+]. The first kappa shape index (κ1) is 9.54. The Kier molecular flexibility index (Phi) is 4.17. The van der Waals surface area contributed by atoms with Crippen molar-refractivity contribution in [2.24, 2.45) is 0 Å². The predicted octanol–water partition coefficient (Wildman–Crippen LogP) is 1.55. The third-order valence-electron chi connectivity index (χ3n) is 1.22. The summed E-state index contributed by atoms with van der Waals surface area (Å²) in [6.07, 6.45) is 0. The monoisotopic (exact) mass is 183 g/mol. The van der Waals surface area contributed by atoms with Gasteiger partial charge in [-0.15, -0.1) is 12.1 Å². The van der Waals surface area contributed by atoms with Gasteiger partial charge in [-0.3, -0.25) is 0 Å². The van der Waals surface area contributed by atoms with E-state index in [4.69, 9.17) is 0 Å². The van der Waals surface area contributed by atoms with E-state index in [1.165, 1.54) is 5.69 Å². The molecule has 0 aliphatic rings. The molecule has 0 spiro atoms. The van der Waals surface area contributed by atoms with E-state index in [9.17, 15) is 0 Å². The first-order valence-corrected chi connectivity index (χ1v) is 2.94. The quantitative estimate of drug-likeness (QED) is 0.472. The Balaban J connectivity index is 0.000000810. The van der Waals surface area contributed by atoms with E-state index < -0.39 is 0 Å². The summed E-state index contributed by atoms with van der Waals surface area (Å²) < 4.78 is 0. The summed E-state index contributed by atoms with van der Waals surface area (Å²) in [5.74, 6) is 0. The fourth-order valence-corrected chi connectivity index (χ4v) is 0.676. The van der Waals surface area contributed by atoms with Crippen LogP contribution in [0.5, 0.6) is 0 Å². The molecule has 0 aliphatic heterocycles. The summed E-state index contributed by atoms with van der Waals surface area (Å²) in [6.45, 7) is 0. The van der Waals surface area contributed by atoms with Gasteiger partial charge in [-0.05, 0) is 0 Å². The molecule has 1 rings (SSSR count). The van der Waals surface area contributed by atoms with Gasteiger partial charge in [0.05, 0.1) is 0 Å². The minimum Gasteiger partial charge on any atom is -0.399 e. The van der Waals surface area contributed by atoms with Gasteiger partial charge in [0.1, 0.15) is 0 Å². The van der Waals surface area contributed by atoms with Gasteiger partial charge in [0.2, 0.25) is 0 Å². The van der Waals surface area contributed by atoms with Crippen LogP contribution < -0.4 is 4.90 Å². The maximum absolute atomic E-state index is 2.96. The molecule has 0 unspecified atom stereocenters. The van der Waals surface area contributed by atoms with Crippen molar-refractivity contribution in [2.45, 2.75) is 0 Å². The van der Waals surface area contributed by atoms with E-state index >= 15 is 0 Å². The molecule has 1 aromatic rings. The van der Waals surface area contributed by atoms with Crippen LogP contribution in [0.15, 0.2) is 24.3 Å². The predicted molar refractivity (Wildman–Crippen MR) is 39.6 cm³/mol. The van der Waals surface area contributed by atoms with Crippen molar-refractivity contribution in [3.05, 3.63) is 30.3 Å². The standard InChI is InChI=1S/C8H10N.Cu/c1-9(2)8-6-4-3-5-7-8;/h4-7H,1-2H3;/q-1;+1. The molecule has 0 saturated heterocycles. The minimum absolute atomic E-state index is 0. The molecule has 0 atom stereocenters. The normalized spacial score (nSPS) is 8.20. The van der Waals surface area contributed by atoms with E-state index in [0.717, 1.165) is 0 Å². The molecule has 1 aromatic carbocycles. The van der Waals surface area contributed by atoms with Crippen LogP contribution in [0.2, 0.25) is 0 Å². The summed E-state index contributed by atoms with van der Waals surface area (Å²) in [4.78, 5) is 2.06. The molecule has 0 heterocycles. The van der Waals surface area contributed by atoms with E-state index in [1.807, 2.05) is 38.4 Å². The van der Waals surface area contributed by atoms with Gasteiger partial charge >= 0.3 is 17.1 Å². The number of anilines is 1. The van der Waals surface area contributed by atoms with E-state index in [0.29, 0.717) is 0 Å². The second kappa shape index (κ2) is 4.37. The van der Waals surface area contributed by atoms with Gasteiger partial charge in [0.15, 0.2) is 0 Å². The van der Waals surface area contributed by atoms with Gasteiger partial charge < -0.3 is 4.90 Å². The van der Waals surface area contributed by atoms with Crippen molar-refractivity contribution in [3.63, 3.8) is 0 Å². The number of nitrogens with zero attached hydrogens (tertiary/aromatic N) is 1. The Morgan fingerprint density at radius 2 is 1.70 bits per heavy atom. The first-order chi connectivity index (χ1) is 4.30. The fraction of sp³-hybridized carbons (Fsp3) is 0.250. The van der Waals surface area contributed by atoms with E-state index in [1.54, 1.807) is 0 Å². The minimum atomic E-state index is 0. The molecule has 1 nitrogen and oxygen atoms in total. The molecule has 0 N–H and O–H groups in total. The largest absolute Gasteiger partial charge is 1.00 e. The zero-order valence-electron chi connectivity index (χ0n) is 6.06. The Hall–Kier alpha value is -0.461. The Labute approximate surface area is 72.5 Å². The van der Waals surface area contributed by atoms with Crippen molar-refractivity contribution < 1.29 is 17.1 Å². The van der Waals surface area contributed by atoms with Crippen LogP contribution in [0.3, 0.4) is 0 Å². The average molecular weight is 184 g/mol. The van der Waals surface area contributed by atoms with E-state index in [-0.39, 0.29) is 17.1 Å². The summed E-state index contributed by atoms with van der Waals surface area (Å²) in [6, 6.07) is 10.8. The topological polar surface area (TPSA) is 3.24 Å². The third kappa shape index (κ3) is 2.42. The van der Waals surface area contributed by atoms with Crippen LogP contribution in [0, 0.1) is 6.07 Å². The molecule has 10 heavy (non-hydrogen) atoms. The molecule has 58 valence electrons. The fourth-order valence-electron chi connectivity index (χ4n) is 0.676. The zero-order chi connectivity index (χ0) is 6.69. The van der Waals surface area contributed by atoms with Crippen molar-refractivity contribution in [1.29, 1.82) is 0 Å². The van der Waals surface area contributed by atoms with E-state index in [2.05, 4.69) is 11.0 Å². The van der Waals surface area contributed by atoms with Crippen molar-refractivity contribution >= 4 is 5.69 Å². The molecule has 0 amide bonds. The Morgan fingerprint density at radius 3 is 2.00 bits per heavy atom. The number of benzene rings is 1. The number of hydrogen-bond acceptors (Lipinski definition) is 1. The summed E-state index contributed by atoms with van der Waals surface area (Å²) in [5.41, 5.74) is 1.22. The molecule has 0 saturated carbocycles. The molecule has 0 radical (unpaired) electrons. The molecule has 0 aliphatic carbocycles. The van der Waals surface area contributed by atoms with Crippen LogP contribution in [0.4, 0.5) is 5.69 Å². The summed E-state index contributed by atoms with van der Waals surface area (Å²) in [7, 11) is 4.05. The second-order valence-corrected chi connectivity index (χ2v) is 2.15. The molecule has 0 aromatic heterocycles. The maximum Gasteiger partial charge on any atom is 1.00 e. The average Bonchev–Trinajstić information content (AvgIpc) is 1.90. The van der Waals surface area contributed by atoms with Crippen molar-refractivity contribution in [2.75, 3.05) is 19.0 Å². The molecule has 2 heteroatoms. The first-order valence-electron chi connectivity index (χ1n) is 2.94. The van der Waals surface area contributed by atoms with Gasteiger partial charge in [0, 0.05) is 14.1 Å². The number of hydrogen-bond donors (Lipinski definition) is 0. The smallest absolute Gasteiger partial charge is 0.399 e. The Morgan fingerprint density at radius 1 is 1.20 bits per heavy atom. The van der Waals surface area contributed by atoms with Gasteiger partial charge in [-0.25, -0.2) is 0 Å². The van der Waals surface area contributed by atoms with Crippen LogP contribution >= 0.6 is 0 Å². The van der Waals surface area contributed by atoms with Crippen molar-refractivity contribution in [1.82, 2.24) is 0 Å². The van der Waals surface area contributed by atoms with Crippen LogP contribution in [0.25, 0.3) is 0 Å². The van der Waals surface area contributed by atoms with Gasteiger partial charge in [-0.1, -0.05) is 5.69 Å². The van der Waals surface area contributed by atoms with Crippen LogP contribution in [0.1, 0.15) is 0 Å². The molecule has 0 fully saturated rings. The van der Waals surface area contributed by atoms with Crippen LogP contribution in [-0.4, -0.2) is 14.1 Å². The molecular weight excluding hydrogens is 174 g/mol. The maximum atomic E-state index is 2.96. The van der Waals surface area contributed by atoms with Crippen LogP contribution in [-0.2, 0) is 17.1 Å². The number of rotatable bonds is 1. The second-order valence-electron chi connectivity index (χ2n) is 2.15. The zero-order valence-corrected chi connectivity index (χ0v) is 7.00.